The summed E-state index contributed by atoms with van der Waals surface area (Å²) >= 11 is 5.44. The highest BCUT2D eigenvalue weighted by molar-refractivity contribution is 6.32. The van der Waals surface area contributed by atoms with Crippen molar-refractivity contribution in [2.45, 2.75) is 6.18 Å². The Bertz CT molecular complexity index is 786. The average Bonchev–Trinajstić information content (AvgIpc) is 2.39. The van der Waals surface area contributed by atoms with Gasteiger partial charge in [-0.15, -0.1) is 0 Å². The first kappa shape index (κ1) is 16.0. The van der Waals surface area contributed by atoms with Gasteiger partial charge in [0.1, 0.15) is 5.82 Å². The molecule has 0 saturated heterocycles. The van der Waals surface area contributed by atoms with Gasteiger partial charge in [-0.2, -0.15) is 13.2 Å². The van der Waals surface area contributed by atoms with E-state index in [-0.39, 0.29) is 11.8 Å². The molecule has 0 aliphatic carbocycles. The standard InChI is InChI=1S/C13H7ClF4N2O2/c14-9-4-7(10(15)5-8(9)13(16,17)18)12(22)20-6-1-2-19-11(21)3-6/h1-5H,(H2,19,20,21,22). The fourth-order valence-electron chi connectivity index (χ4n) is 1.66. The van der Waals surface area contributed by atoms with E-state index >= 15 is 0 Å². The maximum Gasteiger partial charge on any atom is 0.417 e. The van der Waals surface area contributed by atoms with Crippen LogP contribution in [-0.2, 0) is 6.18 Å². The molecule has 1 heterocycles. The number of H-pyrrole nitrogens is 1. The zero-order valence-corrected chi connectivity index (χ0v) is 11.3. The molecule has 1 aromatic carbocycles. The van der Waals surface area contributed by atoms with Crippen LogP contribution in [0.5, 0.6) is 0 Å². The van der Waals surface area contributed by atoms with Crippen LogP contribution in [0.2, 0.25) is 5.02 Å². The Morgan fingerprint density at radius 3 is 2.50 bits per heavy atom. The van der Waals surface area contributed by atoms with E-state index in [0.29, 0.717) is 6.07 Å². The molecule has 0 spiro atoms. The number of anilines is 1. The van der Waals surface area contributed by atoms with Gasteiger partial charge in [0, 0.05) is 18.0 Å². The average molecular weight is 335 g/mol. The highest BCUT2D eigenvalue weighted by atomic mass is 35.5. The smallest absolute Gasteiger partial charge is 0.329 e. The van der Waals surface area contributed by atoms with Gasteiger partial charge in [-0.25, -0.2) is 4.39 Å². The number of aromatic nitrogens is 1. The Morgan fingerprint density at radius 1 is 1.23 bits per heavy atom. The molecule has 0 aliphatic heterocycles. The fourth-order valence-corrected chi connectivity index (χ4v) is 1.93. The van der Waals surface area contributed by atoms with Crippen molar-refractivity contribution in [2.24, 2.45) is 0 Å². The van der Waals surface area contributed by atoms with Crippen molar-refractivity contribution in [1.82, 2.24) is 4.98 Å². The van der Waals surface area contributed by atoms with Crippen LogP contribution >= 0.6 is 11.6 Å². The van der Waals surface area contributed by atoms with E-state index in [0.717, 1.165) is 6.07 Å². The number of benzene rings is 1. The van der Waals surface area contributed by atoms with Gasteiger partial charge in [-0.3, -0.25) is 9.59 Å². The third-order valence-corrected chi connectivity index (χ3v) is 2.95. The summed E-state index contributed by atoms with van der Waals surface area (Å²) in [5.41, 5.74) is -2.49. The van der Waals surface area contributed by atoms with E-state index in [9.17, 15) is 27.2 Å². The van der Waals surface area contributed by atoms with E-state index in [1.165, 1.54) is 12.3 Å². The summed E-state index contributed by atoms with van der Waals surface area (Å²) in [6.07, 6.45) is -3.59. The Kier molecular flexibility index (Phi) is 4.23. The van der Waals surface area contributed by atoms with Crippen LogP contribution in [0.4, 0.5) is 23.2 Å². The first-order valence-corrected chi connectivity index (χ1v) is 6.12. The fraction of sp³-hybridized carbons (Fsp3) is 0.0769. The van der Waals surface area contributed by atoms with Crippen LogP contribution < -0.4 is 10.9 Å². The van der Waals surface area contributed by atoms with Crippen LogP contribution in [0.1, 0.15) is 15.9 Å². The Labute approximate surface area is 125 Å². The van der Waals surface area contributed by atoms with Gasteiger partial charge in [-0.1, -0.05) is 11.6 Å². The molecule has 0 fully saturated rings. The summed E-state index contributed by atoms with van der Waals surface area (Å²) in [5.74, 6) is -2.40. The molecule has 9 heteroatoms. The maximum atomic E-state index is 13.7. The molecular formula is C13H7ClF4N2O2. The van der Waals surface area contributed by atoms with Crippen LogP contribution in [-0.4, -0.2) is 10.9 Å². The third-order valence-electron chi connectivity index (χ3n) is 2.64. The first-order chi connectivity index (χ1) is 10.2. The Hall–Kier alpha value is -2.35. The van der Waals surface area contributed by atoms with E-state index in [1.807, 2.05) is 0 Å². The summed E-state index contributed by atoms with van der Waals surface area (Å²) in [4.78, 5) is 25.2. The number of carbonyl (C=O) groups excluding carboxylic acids is 1. The van der Waals surface area contributed by atoms with Crippen LogP contribution in [0.15, 0.2) is 35.3 Å². The number of rotatable bonds is 2. The number of carbonyl (C=O) groups is 1. The number of aromatic amines is 1. The van der Waals surface area contributed by atoms with Gasteiger partial charge >= 0.3 is 6.18 Å². The molecule has 116 valence electrons. The lowest BCUT2D eigenvalue weighted by atomic mass is 10.1. The van der Waals surface area contributed by atoms with Crippen molar-refractivity contribution >= 4 is 23.2 Å². The second-order valence-corrected chi connectivity index (χ2v) is 4.61. The lowest BCUT2D eigenvalue weighted by Crippen LogP contribution is -2.17. The summed E-state index contributed by atoms with van der Waals surface area (Å²) in [7, 11) is 0. The van der Waals surface area contributed by atoms with Crippen molar-refractivity contribution in [3.63, 3.8) is 0 Å². The second-order valence-electron chi connectivity index (χ2n) is 4.21. The largest absolute Gasteiger partial charge is 0.417 e. The monoisotopic (exact) mass is 334 g/mol. The van der Waals surface area contributed by atoms with Gasteiger partial charge in [-0.05, 0) is 18.2 Å². The molecule has 0 unspecified atom stereocenters. The van der Waals surface area contributed by atoms with Crippen LogP contribution in [0.3, 0.4) is 0 Å². The minimum absolute atomic E-state index is 0.0594. The van der Waals surface area contributed by atoms with Crippen LogP contribution in [0, 0.1) is 5.82 Å². The SMILES string of the molecule is O=C(Nc1cc[nH]c(=O)c1)c1cc(Cl)c(C(F)(F)F)cc1F. The zero-order chi connectivity index (χ0) is 16.5. The minimum atomic E-state index is -4.83. The zero-order valence-electron chi connectivity index (χ0n) is 10.6. The topological polar surface area (TPSA) is 62.0 Å². The number of amides is 1. The lowest BCUT2D eigenvalue weighted by molar-refractivity contribution is -0.137. The molecule has 0 atom stereocenters. The number of pyridine rings is 1. The third kappa shape index (κ3) is 3.45. The number of nitrogens with one attached hydrogen (secondary N) is 2. The lowest BCUT2D eigenvalue weighted by Gasteiger charge is -2.11. The van der Waals surface area contributed by atoms with Crippen molar-refractivity contribution in [3.8, 4) is 0 Å². The number of alkyl halides is 3. The molecule has 0 bridgehead atoms. The molecule has 0 radical (unpaired) electrons. The number of hydrogen-bond donors (Lipinski definition) is 2. The maximum absolute atomic E-state index is 13.7. The van der Waals surface area contributed by atoms with Gasteiger partial charge < -0.3 is 10.3 Å². The molecule has 1 amide bonds. The summed E-state index contributed by atoms with van der Waals surface area (Å²) in [6.45, 7) is 0. The van der Waals surface area contributed by atoms with Gasteiger partial charge in [0.2, 0.25) is 5.56 Å². The van der Waals surface area contributed by atoms with Gasteiger partial charge in [0.05, 0.1) is 16.1 Å². The van der Waals surface area contributed by atoms with Crippen molar-refractivity contribution < 1.29 is 22.4 Å². The quantitative estimate of drug-likeness (QED) is 0.826. The molecule has 22 heavy (non-hydrogen) atoms. The van der Waals surface area contributed by atoms with Crippen molar-refractivity contribution in [2.75, 3.05) is 5.32 Å². The van der Waals surface area contributed by atoms with E-state index < -0.39 is 39.6 Å². The molecule has 2 aromatic rings. The predicted molar refractivity (Wildman–Crippen MR) is 71.4 cm³/mol. The van der Waals surface area contributed by atoms with E-state index in [4.69, 9.17) is 11.6 Å². The molecule has 2 N–H and O–H groups in total. The second kappa shape index (κ2) is 5.80. The molecular weight excluding hydrogens is 328 g/mol. The molecule has 1 aromatic heterocycles. The minimum Gasteiger partial charge on any atom is -0.329 e. The van der Waals surface area contributed by atoms with Crippen molar-refractivity contribution in [1.29, 1.82) is 0 Å². The van der Waals surface area contributed by atoms with E-state index in [1.54, 1.807) is 0 Å². The summed E-state index contributed by atoms with van der Waals surface area (Å²) in [5, 5.41) is 1.39. The highest BCUT2D eigenvalue weighted by Crippen LogP contribution is 2.36. The summed E-state index contributed by atoms with van der Waals surface area (Å²) in [6, 6.07) is 3.08. The first-order valence-electron chi connectivity index (χ1n) is 5.75. The molecule has 0 saturated carbocycles. The van der Waals surface area contributed by atoms with Gasteiger partial charge in [0.25, 0.3) is 5.91 Å². The number of hydrogen-bond acceptors (Lipinski definition) is 2. The van der Waals surface area contributed by atoms with E-state index in [2.05, 4.69) is 10.3 Å². The predicted octanol–water partition coefficient (Wildman–Crippen LogP) is 3.44. The van der Waals surface area contributed by atoms with Gasteiger partial charge in [0.15, 0.2) is 0 Å². The van der Waals surface area contributed by atoms with Crippen LogP contribution in [0.25, 0.3) is 0 Å². The molecule has 0 aliphatic rings. The normalized spacial score (nSPS) is 11.3. The molecule has 2 rings (SSSR count). The highest BCUT2D eigenvalue weighted by Gasteiger charge is 2.34. The van der Waals surface area contributed by atoms with Crippen molar-refractivity contribution in [3.05, 3.63) is 62.8 Å². The number of halogens is 5. The summed E-state index contributed by atoms with van der Waals surface area (Å²) < 4.78 is 51.4. The Morgan fingerprint density at radius 2 is 1.91 bits per heavy atom. The Balaban J connectivity index is 2.35. The molecule has 4 nitrogen and oxygen atoms in total.